The number of fused-ring (bicyclic) bond motifs is 5. The third kappa shape index (κ3) is 2.42. The number of nitrogens with one attached hydrogen (secondary N) is 1. The van der Waals surface area contributed by atoms with E-state index in [1.807, 2.05) is 6.08 Å². The molecule has 0 saturated heterocycles. The van der Waals surface area contributed by atoms with Gasteiger partial charge in [0.25, 0.3) is 0 Å². The van der Waals surface area contributed by atoms with Crippen molar-refractivity contribution in [1.29, 1.82) is 0 Å². The molecule has 148 valence electrons. The van der Waals surface area contributed by atoms with Gasteiger partial charge in [0.2, 0.25) is 17.4 Å². The van der Waals surface area contributed by atoms with Gasteiger partial charge in [0.15, 0.2) is 17.3 Å². The number of hydrogen-bond donors (Lipinski definition) is 2. The highest BCUT2D eigenvalue weighted by Gasteiger charge is 2.54. The molecule has 0 aromatic heterocycles. The first-order chi connectivity index (χ1) is 13.4. The Morgan fingerprint density at radius 3 is 2.57 bits per heavy atom. The Bertz CT molecular complexity index is 945. The first-order valence-corrected chi connectivity index (χ1v) is 9.21. The van der Waals surface area contributed by atoms with Crippen LogP contribution >= 0.6 is 0 Å². The fraction of sp³-hybridized carbons (Fsp3) is 0.429. The van der Waals surface area contributed by atoms with Gasteiger partial charge in [-0.15, -0.1) is 0 Å². The Morgan fingerprint density at radius 1 is 1.21 bits per heavy atom. The van der Waals surface area contributed by atoms with Crippen molar-refractivity contribution < 1.29 is 28.9 Å². The van der Waals surface area contributed by atoms with Crippen LogP contribution in [-0.2, 0) is 20.7 Å². The lowest BCUT2D eigenvalue weighted by Crippen LogP contribution is -2.44. The van der Waals surface area contributed by atoms with E-state index in [2.05, 4.69) is 5.32 Å². The Hall–Kier alpha value is -2.96. The van der Waals surface area contributed by atoms with Crippen LogP contribution in [0.25, 0.3) is 5.57 Å². The van der Waals surface area contributed by atoms with Gasteiger partial charge in [-0.1, -0.05) is 0 Å². The zero-order valence-corrected chi connectivity index (χ0v) is 16.3. The lowest BCUT2D eigenvalue weighted by Gasteiger charge is -2.40. The molecule has 3 aliphatic rings. The lowest BCUT2D eigenvalue weighted by molar-refractivity contribution is -0.122. The highest BCUT2D eigenvalue weighted by atomic mass is 16.5. The molecule has 0 saturated carbocycles. The molecule has 1 aromatic rings. The van der Waals surface area contributed by atoms with Crippen molar-refractivity contribution in [2.24, 2.45) is 11.8 Å². The molecule has 0 fully saturated rings. The van der Waals surface area contributed by atoms with Crippen LogP contribution in [0.15, 0.2) is 23.5 Å². The summed E-state index contributed by atoms with van der Waals surface area (Å²) in [6.07, 6.45) is 3.11. The molecule has 7 heteroatoms. The molecular formula is C21H23NO6. The molecule has 3 aliphatic carbocycles. The van der Waals surface area contributed by atoms with E-state index in [9.17, 15) is 14.7 Å². The monoisotopic (exact) mass is 385 g/mol. The Morgan fingerprint density at radius 2 is 1.96 bits per heavy atom. The number of allylic oxidation sites excluding steroid dienone is 3. The van der Waals surface area contributed by atoms with E-state index < -0.39 is 0 Å². The average Bonchev–Trinajstić information content (AvgIpc) is 2.84. The molecule has 0 spiro atoms. The van der Waals surface area contributed by atoms with Crippen LogP contribution in [0.5, 0.6) is 17.2 Å². The van der Waals surface area contributed by atoms with Crippen molar-refractivity contribution >= 4 is 17.3 Å². The van der Waals surface area contributed by atoms with E-state index in [-0.39, 0.29) is 35.3 Å². The Labute approximate surface area is 163 Å². The third-order valence-corrected chi connectivity index (χ3v) is 5.87. The number of benzene rings is 1. The predicted molar refractivity (Wildman–Crippen MR) is 101 cm³/mol. The van der Waals surface area contributed by atoms with Gasteiger partial charge in [0.05, 0.1) is 33.3 Å². The molecule has 1 amide bonds. The smallest absolute Gasteiger partial charge is 0.217 e. The zero-order valence-electron chi connectivity index (χ0n) is 16.3. The summed E-state index contributed by atoms with van der Waals surface area (Å²) in [6, 6.07) is 1.55. The van der Waals surface area contributed by atoms with Crippen LogP contribution in [0.3, 0.4) is 0 Å². The highest BCUT2D eigenvalue weighted by molar-refractivity contribution is 6.08. The molecule has 0 bridgehead atoms. The summed E-state index contributed by atoms with van der Waals surface area (Å²) in [5.74, 6) is 0.206. The van der Waals surface area contributed by atoms with Crippen LogP contribution in [-0.4, -0.2) is 44.2 Å². The number of rotatable bonds is 4. The number of phenolic OH excluding ortho intramolecular Hbond substituents is 1. The standard InChI is InChI=1S/C21H23NO6/c1-9(23)22-12-6-5-10-7-13(26-2)20(25)21(28-4)15(10)16-11-8-14(27-3)19(24)17(11)18(12)16/h7-8,11-12,17,25H,5-6H2,1-4H3,(H,22,23)/t11-,12-,17-/m0/s1. The maximum atomic E-state index is 12.8. The van der Waals surface area contributed by atoms with E-state index in [1.165, 1.54) is 28.3 Å². The van der Waals surface area contributed by atoms with Gasteiger partial charge in [-0.2, -0.15) is 0 Å². The molecule has 7 nitrogen and oxygen atoms in total. The van der Waals surface area contributed by atoms with Crippen molar-refractivity contribution in [3.05, 3.63) is 34.6 Å². The summed E-state index contributed by atoms with van der Waals surface area (Å²) >= 11 is 0. The summed E-state index contributed by atoms with van der Waals surface area (Å²) in [7, 11) is 4.47. The quantitative estimate of drug-likeness (QED) is 0.823. The molecule has 0 radical (unpaired) electrons. The Kier molecular flexibility index (Phi) is 4.33. The highest BCUT2D eigenvalue weighted by Crippen LogP contribution is 2.59. The molecular weight excluding hydrogens is 362 g/mol. The fourth-order valence-corrected chi connectivity index (χ4v) is 4.76. The number of aryl methyl sites for hydroxylation is 1. The number of carbonyl (C=O) groups is 2. The van der Waals surface area contributed by atoms with Crippen molar-refractivity contribution in [2.75, 3.05) is 21.3 Å². The number of Topliss-reactive ketones (excluding diaryl/α,β-unsaturated/α-hetero) is 1. The van der Waals surface area contributed by atoms with Crippen LogP contribution < -0.4 is 14.8 Å². The minimum absolute atomic E-state index is 0.0678. The van der Waals surface area contributed by atoms with Gasteiger partial charge in [-0.05, 0) is 41.7 Å². The van der Waals surface area contributed by atoms with Crippen molar-refractivity contribution in [2.45, 2.75) is 25.8 Å². The zero-order chi connectivity index (χ0) is 20.2. The third-order valence-electron chi connectivity index (χ3n) is 5.87. The summed E-state index contributed by atoms with van der Waals surface area (Å²) in [6.45, 7) is 1.47. The van der Waals surface area contributed by atoms with Crippen molar-refractivity contribution in [3.8, 4) is 17.2 Å². The lowest BCUT2D eigenvalue weighted by atomic mass is 9.64. The number of carbonyl (C=O) groups excluding carboxylic acids is 2. The summed E-state index contributed by atoms with van der Waals surface area (Å²) < 4.78 is 16.1. The molecule has 28 heavy (non-hydrogen) atoms. The average molecular weight is 385 g/mol. The molecule has 3 atom stereocenters. The maximum Gasteiger partial charge on any atom is 0.217 e. The summed E-state index contributed by atoms with van der Waals surface area (Å²) in [5.41, 5.74) is 3.55. The molecule has 0 heterocycles. The van der Waals surface area contributed by atoms with E-state index in [4.69, 9.17) is 14.2 Å². The molecule has 1 aromatic carbocycles. The number of methoxy groups -OCH3 is 3. The number of ketones is 1. The number of ether oxygens (including phenoxy) is 3. The molecule has 2 N–H and O–H groups in total. The SMILES string of the molecule is COC1=C[C@H]2C3=C([C@H]2C1=O)[C@@H](NC(C)=O)CCc1cc(OC)c(O)c(OC)c13. The van der Waals surface area contributed by atoms with Crippen molar-refractivity contribution in [1.82, 2.24) is 5.32 Å². The molecule has 0 aliphatic heterocycles. The number of amides is 1. The van der Waals surface area contributed by atoms with Gasteiger partial charge in [0, 0.05) is 18.4 Å². The first kappa shape index (κ1) is 18.4. The summed E-state index contributed by atoms with van der Waals surface area (Å²) in [5, 5.41) is 13.6. The topological polar surface area (TPSA) is 94.1 Å². The maximum absolute atomic E-state index is 12.8. The number of phenols is 1. The Balaban J connectivity index is 1.95. The second kappa shape index (κ2) is 6.58. The summed E-state index contributed by atoms with van der Waals surface area (Å²) in [4.78, 5) is 24.6. The second-order valence-electron chi connectivity index (χ2n) is 7.26. The van der Waals surface area contributed by atoms with Gasteiger partial charge in [-0.25, -0.2) is 0 Å². The van der Waals surface area contributed by atoms with Gasteiger partial charge in [-0.3, -0.25) is 9.59 Å². The van der Waals surface area contributed by atoms with E-state index in [0.717, 1.165) is 22.3 Å². The fourth-order valence-electron chi connectivity index (χ4n) is 4.76. The second-order valence-corrected chi connectivity index (χ2v) is 7.26. The van der Waals surface area contributed by atoms with Crippen LogP contribution in [0.2, 0.25) is 0 Å². The van der Waals surface area contributed by atoms with E-state index in [0.29, 0.717) is 30.1 Å². The number of hydrogen-bond acceptors (Lipinski definition) is 6. The van der Waals surface area contributed by atoms with E-state index >= 15 is 0 Å². The normalized spacial score (nSPS) is 24.9. The predicted octanol–water partition coefficient (Wildman–Crippen LogP) is 1.97. The van der Waals surface area contributed by atoms with Gasteiger partial charge in [0.1, 0.15) is 0 Å². The molecule has 0 unspecified atom stereocenters. The van der Waals surface area contributed by atoms with Crippen LogP contribution in [0.1, 0.15) is 24.5 Å². The molecule has 4 rings (SSSR count). The van der Waals surface area contributed by atoms with Crippen molar-refractivity contribution in [3.63, 3.8) is 0 Å². The van der Waals surface area contributed by atoms with E-state index in [1.54, 1.807) is 6.07 Å². The van der Waals surface area contributed by atoms with Gasteiger partial charge >= 0.3 is 0 Å². The van der Waals surface area contributed by atoms with Crippen LogP contribution in [0, 0.1) is 11.8 Å². The minimum atomic E-state index is -0.346. The van der Waals surface area contributed by atoms with Gasteiger partial charge < -0.3 is 24.6 Å². The first-order valence-electron chi connectivity index (χ1n) is 9.21. The number of aromatic hydroxyl groups is 1. The van der Waals surface area contributed by atoms with Crippen LogP contribution in [0.4, 0.5) is 0 Å². The largest absolute Gasteiger partial charge is 0.502 e. The minimum Gasteiger partial charge on any atom is -0.502 e.